The van der Waals surface area contributed by atoms with Crippen molar-refractivity contribution in [3.8, 4) is 51.3 Å². The molecule has 0 aliphatic carbocycles. The number of phenolic OH excluding ortho intramolecular Hbond substituents is 1. The number of nitrogens with one attached hydrogen (secondary N) is 1. The lowest BCUT2D eigenvalue weighted by Crippen LogP contribution is -1.96. The molecule has 0 saturated carbocycles. The van der Waals surface area contributed by atoms with Gasteiger partial charge in [0.1, 0.15) is 0 Å². The molecule has 2 N–H and O–H groups in total. The van der Waals surface area contributed by atoms with Crippen LogP contribution in [0.15, 0.2) is 39.5 Å². The van der Waals surface area contributed by atoms with Crippen molar-refractivity contribution in [1.82, 2.24) is 4.98 Å². The smallest absolute Gasteiger partial charge is 0.417 e. The average molecular weight is 373 g/mol. The van der Waals surface area contributed by atoms with E-state index in [2.05, 4.69) is 4.98 Å². The minimum Gasteiger partial charge on any atom is -0.504 e. The maximum absolute atomic E-state index is 11.9. The summed E-state index contributed by atoms with van der Waals surface area (Å²) >= 11 is 0. The molecule has 0 bridgehead atoms. The Morgan fingerprint density at radius 2 is 1.48 bits per heavy atom. The Labute approximate surface area is 154 Å². The normalized spacial score (nSPS) is 10.5. The van der Waals surface area contributed by atoms with E-state index in [0.29, 0.717) is 39.8 Å². The van der Waals surface area contributed by atoms with Crippen LogP contribution in [-0.2, 0) is 0 Å². The van der Waals surface area contributed by atoms with Crippen LogP contribution in [0.1, 0.15) is 0 Å². The number of benzene rings is 2. The van der Waals surface area contributed by atoms with Crippen LogP contribution >= 0.6 is 0 Å². The number of aromatic nitrogens is 1. The summed E-state index contributed by atoms with van der Waals surface area (Å²) in [5.41, 5.74) is 1.48. The van der Waals surface area contributed by atoms with Gasteiger partial charge in [0.15, 0.2) is 28.8 Å². The number of aromatic amines is 1. The first kappa shape index (κ1) is 18.2. The Hall–Kier alpha value is -3.55. The lowest BCUT2D eigenvalue weighted by molar-refractivity contribution is 0.324. The summed E-state index contributed by atoms with van der Waals surface area (Å²) in [6.45, 7) is 0. The average Bonchev–Trinajstić information content (AvgIpc) is 3.08. The van der Waals surface area contributed by atoms with Gasteiger partial charge in [-0.1, -0.05) is 0 Å². The maximum Gasteiger partial charge on any atom is 0.417 e. The molecule has 0 radical (unpaired) electrons. The largest absolute Gasteiger partial charge is 0.504 e. The van der Waals surface area contributed by atoms with Crippen LogP contribution in [-0.4, -0.2) is 38.5 Å². The third kappa shape index (κ3) is 3.29. The molecule has 0 unspecified atom stereocenters. The molecule has 0 spiro atoms. The van der Waals surface area contributed by atoms with E-state index in [0.717, 1.165) is 0 Å². The van der Waals surface area contributed by atoms with Gasteiger partial charge in [-0.2, -0.15) is 0 Å². The highest BCUT2D eigenvalue weighted by atomic mass is 16.5. The predicted octanol–water partition coefficient (Wildman–Crippen LogP) is 3.04. The number of rotatable bonds is 6. The van der Waals surface area contributed by atoms with Crippen molar-refractivity contribution in [3.05, 3.63) is 40.9 Å². The number of methoxy groups -OCH3 is 4. The second kappa shape index (κ2) is 7.36. The summed E-state index contributed by atoms with van der Waals surface area (Å²) in [6, 6.07) is 8.09. The number of hydrogen-bond acceptors (Lipinski definition) is 7. The van der Waals surface area contributed by atoms with Crippen molar-refractivity contribution in [1.29, 1.82) is 0 Å². The van der Waals surface area contributed by atoms with Gasteiger partial charge in [-0.25, -0.2) is 4.79 Å². The second-order valence-electron chi connectivity index (χ2n) is 5.52. The molecule has 0 amide bonds. The van der Waals surface area contributed by atoms with Gasteiger partial charge in [-0.3, -0.25) is 4.98 Å². The van der Waals surface area contributed by atoms with E-state index < -0.39 is 5.76 Å². The molecule has 1 aromatic heterocycles. The summed E-state index contributed by atoms with van der Waals surface area (Å²) < 4.78 is 26.4. The number of phenols is 1. The first-order valence-electron chi connectivity index (χ1n) is 7.93. The predicted molar refractivity (Wildman–Crippen MR) is 98.1 cm³/mol. The quantitative estimate of drug-likeness (QED) is 0.684. The van der Waals surface area contributed by atoms with Crippen molar-refractivity contribution in [2.24, 2.45) is 0 Å². The summed E-state index contributed by atoms with van der Waals surface area (Å²) in [6.07, 6.45) is 0. The van der Waals surface area contributed by atoms with Crippen LogP contribution in [0, 0.1) is 0 Å². The summed E-state index contributed by atoms with van der Waals surface area (Å²) in [7, 11) is 5.95. The van der Waals surface area contributed by atoms with E-state index in [1.165, 1.54) is 34.5 Å². The summed E-state index contributed by atoms with van der Waals surface area (Å²) in [4.78, 5) is 14.5. The Kier molecular flexibility index (Phi) is 4.98. The zero-order chi connectivity index (χ0) is 19.6. The van der Waals surface area contributed by atoms with Crippen LogP contribution < -0.4 is 24.7 Å². The SMILES string of the molecule is COc1ccc(-c2[nH]c(=O)oc2-c2cc(OC)c(OC)c(OC)c2)cc1O. The molecule has 8 heteroatoms. The number of hydrogen-bond donors (Lipinski definition) is 2. The number of aromatic hydroxyl groups is 1. The fraction of sp³-hybridized carbons (Fsp3) is 0.211. The fourth-order valence-corrected chi connectivity index (χ4v) is 2.79. The first-order chi connectivity index (χ1) is 13.0. The van der Waals surface area contributed by atoms with Gasteiger partial charge in [0.05, 0.1) is 34.1 Å². The van der Waals surface area contributed by atoms with E-state index in [4.69, 9.17) is 23.4 Å². The van der Waals surface area contributed by atoms with Crippen molar-refractivity contribution in [2.75, 3.05) is 28.4 Å². The van der Waals surface area contributed by atoms with E-state index >= 15 is 0 Å². The standard InChI is InChI=1S/C19H19NO7/c1-23-13-6-5-10(7-12(13)21)16-17(27-19(22)20-16)11-8-14(24-2)18(26-4)15(9-11)25-3/h5-9,21H,1-4H3,(H,20,22). The maximum atomic E-state index is 11.9. The third-order valence-corrected chi connectivity index (χ3v) is 4.04. The zero-order valence-corrected chi connectivity index (χ0v) is 15.3. The molecule has 0 saturated heterocycles. The molecule has 3 aromatic rings. The van der Waals surface area contributed by atoms with E-state index in [1.807, 2.05) is 0 Å². The van der Waals surface area contributed by atoms with Gasteiger partial charge in [0.25, 0.3) is 0 Å². The van der Waals surface area contributed by atoms with E-state index in [1.54, 1.807) is 24.3 Å². The Morgan fingerprint density at radius 1 is 0.852 bits per heavy atom. The summed E-state index contributed by atoms with van der Waals surface area (Å²) in [5.74, 6) is 1.14. The minimum atomic E-state index is -0.635. The lowest BCUT2D eigenvalue weighted by atomic mass is 10.0. The summed E-state index contributed by atoms with van der Waals surface area (Å²) in [5, 5.41) is 10.0. The Bertz CT molecular complexity index is 994. The molecule has 142 valence electrons. The van der Waals surface area contributed by atoms with Gasteiger partial charge >= 0.3 is 5.76 Å². The molecule has 1 heterocycles. The van der Waals surface area contributed by atoms with Gasteiger partial charge in [-0.05, 0) is 30.3 Å². The molecule has 8 nitrogen and oxygen atoms in total. The molecule has 0 fully saturated rings. The zero-order valence-electron chi connectivity index (χ0n) is 15.3. The van der Waals surface area contributed by atoms with Gasteiger partial charge in [-0.15, -0.1) is 0 Å². The monoisotopic (exact) mass is 373 g/mol. The first-order valence-corrected chi connectivity index (χ1v) is 7.93. The van der Waals surface area contributed by atoms with Crippen LogP contribution in [0.2, 0.25) is 0 Å². The number of oxazole rings is 1. The Morgan fingerprint density at radius 3 is 2.00 bits per heavy atom. The third-order valence-electron chi connectivity index (χ3n) is 4.04. The fourth-order valence-electron chi connectivity index (χ4n) is 2.79. The van der Waals surface area contributed by atoms with E-state index in [9.17, 15) is 9.90 Å². The van der Waals surface area contributed by atoms with Gasteiger partial charge in [0.2, 0.25) is 5.75 Å². The van der Waals surface area contributed by atoms with Crippen LogP contribution in [0.4, 0.5) is 0 Å². The molecular weight excluding hydrogens is 354 g/mol. The molecule has 27 heavy (non-hydrogen) atoms. The Balaban J connectivity index is 2.20. The topological polar surface area (TPSA) is 103 Å². The van der Waals surface area contributed by atoms with Crippen LogP contribution in [0.5, 0.6) is 28.7 Å². The highest BCUT2D eigenvalue weighted by Crippen LogP contribution is 2.43. The van der Waals surface area contributed by atoms with Gasteiger partial charge in [0, 0.05) is 11.1 Å². The molecule has 2 aromatic carbocycles. The molecule has 0 atom stereocenters. The van der Waals surface area contributed by atoms with E-state index in [-0.39, 0.29) is 11.5 Å². The van der Waals surface area contributed by atoms with Crippen molar-refractivity contribution in [2.45, 2.75) is 0 Å². The number of ether oxygens (including phenoxy) is 4. The lowest BCUT2D eigenvalue weighted by Gasteiger charge is -2.13. The van der Waals surface area contributed by atoms with Crippen molar-refractivity contribution in [3.63, 3.8) is 0 Å². The van der Waals surface area contributed by atoms with Gasteiger partial charge < -0.3 is 28.5 Å². The molecule has 0 aliphatic heterocycles. The molecule has 0 aliphatic rings. The highest BCUT2D eigenvalue weighted by Gasteiger charge is 2.20. The molecule has 3 rings (SSSR count). The van der Waals surface area contributed by atoms with Crippen molar-refractivity contribution >= 4 is 0 Å². The number of H-pyrrole nitrogens is 1. The highest BCUT2D eigenvalue weighted by molar-refractivity contribution is 5.80. The minimum absolute atomic E-state index is 0.0621. The molecular formula is C19H19NO7. The van der Waals surface area contributed by atoms with Crippen molar-refractivity contribution < 1.29 is 28.5 Å². The second-order valence-corrected chi connectivity index (χ2v) is 5.52. The van der Waals surface area contributed by atoms with Crippen LogP contribution in [0.3, 0.4) is 0 Å². The van der Waals surface area contributed by atoms with Crippen LogP contribution in [0.25, 0.3) is 22.6 Å².